The van der Waals surface area contributed by atoms with Crippen LogP contribution in [0.4, 0.5) is 0 Å². The van der Waals surface area contributed by atoms with Gasteiger partial charge in [0.15, 0.2) is 0 Å². The number of likely N-dealkylation sites (tertiary alicyclic amines) is 1. The van der Waals surface area contributed by atoms with Crippen LogP contribution in [-0.4, -0.2) is 44.5 Å². The molecule has 2 saturated heterocycles. The Morgan fingerprint density at radius 2 is 1.92 bits per heavy atom. The molecule has 0 radical (unpaired) electrons. The molecule has 2 aromatic rings. The van der Waals surface area contributed by atoms with Crippen molar-refractivity contribution in [2.45, 2.75) is 43.4 Å². The number of H-pyrrole nitrogens is 1. The Morgan fingerprint density at radius 1 is 1.12 bits per heavy atom. The molecule has 0 saturated carbocycles. The molecule has 0 bridgehead atoms. The SMILES string of the molecule is O=C(C1CCCCS1)N1CCC(n2c(=O)[nH]c3ccccc32)CC1. The zero-order valence-electron chi connectivity index (χ0n) is 13.7. The minimum absolute atomic E-state index is 0.0381. The third-order valence-corrected chi connectivity index (χ3v) is 6.58. The van der Waals surface area contributed by atoms with Crippen LogP contribution < -0.4 is 5.69 Å². The lowest BCUT2D eigenvalue weighted by Crippen LogP contribution is -2.44. The van der Waals surface area contributed by atoms with Gasteiger partial charge in [-0.15, -0.1) is 11.8 Å². The predicted octanol–water partition coefficient (Wildman–Crippen LogP) is 2.78. The summed E-state index contributed by atoms with van der Waals surface area (Å²) in [5, 5.41) is 0.158. The van der Waals surface area contributed by atoms with Crippen LogP contribution >= 0.6 is 11.8 Å². The maximum Gasteiger partial charge on any atom is 0.326 e. The number of imidazole rings is 1. The first-order chi connectivity index (χ1) is 11.7. The van der Waals surface area contributed by atoms with Gasteiger partial charge in [-0.3, -0.25) is 9.36 Å². The Kier molecular flexibility index (Phi) is 4.39. The lowest BCUT2D eigenvalue weighted by molar-refractivity contribution is -0.132. The Bertz CT molecular complexity index is 783. The van der Waals surface area contributed by atoms with Gasteiger partial charge in [-0.2, -0.15) is 0 Å². The number of amides is 1. The van der Waals surface area contributed by atoms with E-state index in [2.05, 4.69) is 4.98 Å². The summed E-state index contributed by atoms with van der Waals surface area (Å²) in [6.45, 7) is 1.51. The maximum atomic E-state index is 12.7. The molecule has 0 aliphatic carbocycles. The van der Waals surface area contributed by atoms with Gasteiger partial charge in [0.25, 0.3) is 0 Å². The number of para-hydroxylation sites is 2. The highest BCUT2D eigenvalue weighted by Crippen LogP contribution is 2.30. The van der Waals surface area contributed by atoms with Crippen LogP contribution in [0.5, 0.6) is 0 Å². The van der Waals surface area contributed by atoms with E-state index in [1.54, 1.807) is 0 Å². The summed E-state index contributed by atoms with van der Waals surface area (Å²) in [6.07, 6.45) is 5.13. The number of carbonyl (C=O) groups excluding carboxylic acids is 1. The molecule has 2 aliphatic heterocycles. The van der Waals surface area contributed by atoms with Crippen molar-refractivity contribution in [1.29, 1.82) is 0 Å². The van der Waals surface area contributed by atoms with Crippen molar-refractivity contribution >= 4 is 28.7 Å². The fraction of sp³-hybridized carbons (Fsp3) is 0.556. The van der Waals surface area contributed by atoms with Crippen molar-refractivity contribution in [2.24, 2.45) is 0 Å². The fourth-order valence-electron chi connectivity index (χ4n) is 3.92. The highest BCUT2D eigenvalue weighted by molar-refractivity contribution is 8.00. The van der Waals surface area contributed by atoms with Crippen molar-refractivity contribution in [1.82, 2.24) is 14.5 Å². The number of benzene rings is 1. The summed E-state index contributed by atoms with van der Waals surface area (Å²) < 4.78 is 1.88. The van der Waals surface area contributed by atoms with Crippen molar-refractivity contribution in [2.75, 3.05) is 18.8 Å². The first-order valence-corrected chi connectivity index (χ1v) is 9.88. The third kappa shape index (κ3) is 2.88. The van der Waals surface area contributed by atoms with Gasteiger partial charge < -0.3 is 9.88 Å². The first-order valence-electron chi connectivity index (χ1n) is 8.83. The van der Waals surface area contributed by atoms with Gasteiger partial charge in [0, 0.05) is 19.1 Å². The van der Waals surface area contributed by atoms with E-state index in [-0.39, 0.29) is 17.0 Å². The second-order valence-electron chi connectivity index (χ2n) is 6.73. The number of nitrogens with zero attached hydrogens (tertiary/aromatic N) is 2. The van der Waals surface area contributed by atoms with E-state index >= 15 is 0 Å². The molecular weight excluding hydrogens is 322 g/mol. The van der Waals surface area contributed by atoms with Gasteiger partial charge in [0.2, 0.25) is 5.91 Å². The zero-order valence-corrected chi connectivity index (χ0v) is 14.6. The van der Waals surface area contributed by atoms with Crippen LogP contribution in [0.3, 0.4) is 0 Å². The van der Waals surface area contributed by atoms with Crippen LogP contribution in [0.25, 0.3) is 11.0 Å². The highest BCUT2D eigenvalue weighted by atomic mass is 32.2. The molecule has 4 rings (SSSR count). The Morgan fingerprint density at radius 3 is 2.67 bits per heavy atom. The number of carbonyl (C=O) groups is 1. The lowest BCUT2D eigenvalue weighted by Gasteiger charge is -2.35. The summed E-state index contributed by atoms with van der Waals surface area (Å²) in [5.74, 6) is 1.42. The fourth-order valence-corrected chi connectivity index (χ4v) is 5.20. The zero-order chi connectivity index (χ0) is 16.5. The number of hydrogen-bond acceptors (Lipinski definition) is 3. The number of hydrogen-bond donors (Lipinski definition) is 1. The number of nitrogens with one attached hydrogen (secondary N) is 1. The Balaban J connectivity index is 1.46. The molecule has 1 aromatic carbocycles. The molecule has 5 nitrogen and oxygen atoms in total. The van der Waals surface area contributed by atoms with E-state index in [4.69, 9.17) is 0 Å². The maximum absolute atomic E-state index is 12.7. The second-order valence-corrected chi connectivity index (χ2v) is 8.04. The van der Waals surface area contributed by atoms with E-state index < -0.39 is 0 Å². The first kappa shape index (κ1) is 15.8. The van der Waals surface area contributed by atoms with Crippen LogP contribution in [0.1, 0.15) is 38.1 Å². The average Bonchev–Trinajstić information content (AvgIpc) is 2.98. The molecule has 1 unspecified atom stereocenters. The summed E-state index contributed by atoms with van der Waals surface area (Å²) in [7, 11) is 0. The number of thioether (sulfide) groups is 1. The number of rotatable bonds is 2. The van der Waals surface area contributed by atoms with Crippen molar-refractivity contribution in [3.05, 3.63) is 34.7 Å². The van der Waals surface area contributed by atoms with E-state index in [9.17, 15) is 9.59 Å². The molecule has 1 atom stereocenters. The standard InChI is InChI=1S/C18H23N3O2S/c22-17(16-7-3-4-12-24-16)20-10-8-13(9-11-20)21-15-6-2-1-5-14(15)19-18(21)23/h1-2,5-6,13,16H,3-4,7-12H2,(H,19,23). The monoisotopic (exact) mass is 345 g/mol. The second kappa shape index (κ2) is 6.67. The molecule has 1 amide bonds. The highest BCUT2D eigenvalue weighted by Gasteiger charge is 2.30. The summed E-state index contributed by atoms with van der Waals surface area (Å²) in [4.78, 5) is 29.9. The molecule has 128 valence electrons. The molecule has 2 aliphatic rings. The van der Waals surface area contributed by atoms with E-state index in [1.165, 1.54) is 12.8 Å². The van der Waals surface area contributed by atoms with E-state index in [0.717, 1.165) is 49.1 Å². The molecule has 2 fully saturated rings. The van der Waals surface area contributed by atoms with Crippen molar-refractivity contribution in [3.63, 3.8) is 0 Å². The van der Waals surface area contributed by atoms with Gasteiger partial charge >= 0.3 is 5.69 Å². The van der Waals surface area contributed by atoms with Crippen LogP contribution in [0.15, 0.2) is 29.1 Å². The summed E-state index contributed by atoms with van der Waals surface area (Å²) >= 11 is 1.82. The average molecular weight is 345 g/mol. The molecule has 6 heteroatoms. The van der Waals surface area contributed by atoms with Crippen molar-refractivity contribution < 1.29 is 4.79 Å². The minimum atomic E-state index is -0.0381. The summed E-state index contributed by atoms with van der Waals surface area (Å²) in [6, 6.07) is 8.00. The smallest absolute Gasteiger partial charge is 0.326 e. The molecule has 24 heavy (non-hydrogen) atoms. The van der Waals surface area contributed by atoms with E-state index in [0.29, 0.717) is 5.91 Å². The van der Waals surface area contributed by atoms with Gasteiger partial charge in [-0.1, -0.05) is 18.6 Å². The molecule has 1 N–H and O–H groups in total. The number of fused-ring (bicyclic) bond motifs is 1. The van der Waals surface area contributed by atoms with Crippen LogP contribution in [-0.2, 0) is 4.79 Å². The van der Waals surface area contributed by atoms with Gasteiger partial charge in [0.1, 0.15) is 0 Å². The van der Waals surface area contributed by atoms with Crippen LogP contribution in [0, 0.1) is 0 Å². The normalized spacial score (nSPS) is 22.8. The topological polar surface area (TPSA) is 58.1 Å². The van der Waals surface area contributed by atoms with Gasteiger partial charge in [-0.05, 0) is 43.6 Å². The number of aromatic amines is 1. The number of aromatic nitrogens is 2. The Hall–Kier alpha value is -1.69. The lowest BCUT2D eigenvalue weighted by atomic mass is 10.0. The minimum Gasteiger partial charge on any atom is -0.342 e. The molecular formula is C18H23N3O2S. The predicted molar refractivity (Wildman–Crippen MR) is 97.5 cm³/mol. The molecule has 1 aromatic heterocycles. The van der Waals surface area contributed by atoms with Crippen LogP contribution in [0.2, 0.25) is 0 Å². The van der Waals surface area contributed by atoms with Gasteiger partial charge in [0.05, 0.1) is 16.3 Å². The van der Waals surface area contributed by atoms with Crippen molar-refractivity contribution in [3.8, 4) is 0 Å². The largest absolute Gasteiger partial charge is 0.342 e. The molecule has 0 spiro atoms. The molecule has 3 heterocycles. The number of piperidine rings is 1. The Labute approximate surface area is 145 Å². The summed E-state index contributed by atoms with van der Waals surface area (Å²) in [5.41, 5.74) is 1.82. The van der Waals surface area contributed by atoms with Gasteiger partial charge in [-0.25, -0.2) is 4.79 Å². The third-order valence-electron chi connectivity index (χ3n) is 5.22. The van der Waals surface area contributed by atoms with E-state index in [1.807, 2.05) is 45.5 Å². The quantitative estimate of drug-likeness (QED) is 0.910.